The van der Waals surface area contributed by atoms with Crippen LogP contribution in [0.3, 0.4) is 0 Å². The van der Waals surface area contributed by atoms with Crippen LogP contribution in [0.4, 0.5) is 4.79 Å². The van der Waals surface area contributed by atoms with Gasteiger partial charge in [0, 0.05) is 19.6 Å². The van der Waals surface area contributed by atoms with Crippen LogP contribution in [0, 0.1) is 0 Å². The van der Waals surface area contributed by atoms with E-state index in [1.54, 1.807) is 7.11 Å². The smallest absolute Gasteiger partial charge is 0.317 e. The van der Waals surface area contributed by atoms with Crippen molar-refractivity contribution in [2.75, 3.05) is 26.8 Å². The van der Waals surface area contributed by atoms with Crippen molar-refractivity contribution in [2.24, 2.45) is 0 Å². The van der Waals surface area contributed by atoms with Gasteiger partial charge >= 0.3 is 6.03 Å². The summed E-state index contributed by atoms with van der Waals surface area (Å²) in [4.78, 5) is 13.9. The van der Waals surface area contributed by atoms with Crippen LogP contribution in [0.2, 0.25) is 0 Å². The lowest BCUT2D eigenvalue weighted by atomic mass is 10.2. The van der Waals surface area contributed by atoms with Crippen molar-refractivity contribution in [1.29, 1.82) is 0 Å². The lowest BCUT2D eigenvalue weighted by molar-refractivity contribution is -0.0154. The summed E-state index contributed by atoms with van der Waals surface area (Å²) in [6, 6.07) is 7.67. The maximum Gasteiger partial charge on any atom is 0.317 e. The first-order valence-corrected chi connectivity index (χ1v) is 7.00. The van der Waals surface area contributed by atoms with Crippen molar-refractivity contribution in [3.63, 3.8) is 0 Å². The molecule has 20 heavy (non-hydrogen) atoms. The summed E-state index contributed by atoms with van der Waals surface area (Å²) in [7, 11) is 1.64. The van der Waals surface area contributed by atoms with Crippen LogP contribution in [0.25, 0.3) is 0 Å². The third-order valence-corrected chi connectivity index (χ3v) is 3.46. The number of rotatable bonds is 4. The number of carbonyl (C=O) groups excluding carboxylic acids is 1. The van der Waals surface area contributed by atoms with E-state index < -0.39 is 0 Å². The molecule has 0 radical (unpaired) electrons. The van der Waals surface area contributed by atoms with Crippen LogP contribution in [-0.2, 0) is 11.3 Å². The van der Waals surface area contributed by atoms with Gasteiger partial charge in [0.25, 0.3) is 0 Å². The monoisotopic (exact) mass is 278 g/mol. The Morgan fingerprint density at radius 1 is 1.55 bits per heavy atom. The molecule has 1 aromatic rings. The first kappa shape index (κ1) is 14.7. The predicted octanol–water partition coefficient (Wildman–Crippen LogP) is 2.02. The van der Waals surface area contributed by atoms with Crippen LogP contribution in [-0.4, -0.2) is 43.8 Å². The minimum absolute atomic E-state index is 0.0328. The summed E-state index contributed by atoms with van der Waals surface area (Å²) in [5.41, 5.74) is 1.03. The van der Waals surface area contributed by atoms with Crippen LogP contribution < -0.4 is 10.1 Å². The number of hydrogen-bond donors (Lipinski definition) is 1. The molecule has 2 amide bonds. The highest BCUT2D eigenvalue weighted by Gasteiger charge is 2.22. The van der Waals surface area contributed by atoms with E-state index in [4.69, 9.17) is 9.47 Å². The second-order valence-electron chi connectivity index (χ2n) is 4.86. The van der Waals surface area contributed by atoms with Gasteiger partial charge in [-0.3, -0.25) is 0 Å². The third kappa shape index (κ3) is 3.87. The molecule has 5 heteroatoms. The van der Waals surface area contributed by atoms with Gasteiger partial charge in [0.05, 0.1) is 19.8 Å². The summed E-state index contributed by atoms with van der Waals surface area (Å²) in [5, 5.41) is 2.94. The van der Waals surface area contributed by atoms with Gasteiger partial charge in [-0.05, 0) is 24.1 Å². The lowest BCUT2D eigenvalue weighted by Crippen LogP contribution is -2.49. The lowest BCUT2D eigenvalue weighted by Gasteiger charge is -2.32. The molecular weight excluding hydrogens is 256 g/mol. The molecule has 0 aliphatic carbocycles. The first-order valence-electron chi connectivity index (χ1n) is 7.00. The molecule has 1 fully saturated rings. The molecular formula is C15H22N2O3. The van der Waals surface area contributed by atoms with Crippen LogP contribution in [0.15, 0.2) is 24.3 Å². The molecule has 1 aliphatic rings. The van der Waals surface area contributed by atoms with Crippen molar-refractivity contribution in [1.82, 2.24) is 10.2 Å². The van der Waals surface area contributed by atoms with Crippen LogP contribution >= 0.6 is 0 Å². The maximum atomic E-state index is 12.1. The van der Waals surface area contributed by atoms with E-state index in [-0.39, 0.29) is 12.1 Å². The Balaban J connectivity index is 1.85. The summed E-state index contributed by atoms with van der Waals surface area (Å²) < 4.78 is 10.7. The SMILES string of the molecule is CC[C@H]1CN(C(=O)NCc2cccc(OC)c2)CCO1. The zero-order valence-electron chi connectivity index (χ0n) is 12.1. The number of morpholine rings is 1. The molecule has 0 aromatic heterocycles. The fourth-order valence-corrected chi connectivity index (χ4v) is 2.22. The Kier molecular flexibility index (Phi) is 5.24. The van der Waals surface area contributed by atoms with E-state index in [2.05, 4.69) is 12.2 Å². The highest BCUT2D eigenvalue weighted by atomic mass is 16.5. The standard InChI is InChI=1S/C15H22N2O3/c1-3-13-11-17(7-8-20-13)15(18)16-10-12-5-4-6-14(9-12)19-2/h4-6,9,13H,3,7-8,10-11H2,1-2H3,(H,16,18)/t13-/m0/s1. The fraction of sp³-hybridized carbons (Fsp3) is 0.533. The topological polar surface area (TPSA) is 50.8 Å². The zero-order chi connectivity index (χ0) is 14.4. The molecule has 5 nitrogen and oxygen atoms in total. The van der Waals surface area contributed by atoms with Gasteiger partial charge in [0.2, 0.25) is 0 Å². The number of nitrogens with one attached hydrogen (secondary N) is 1. The minimum atomic E-state index is -0.0328. The Morgan fingerprint density at radius 3 is 3.15 bits per heavy atom. The Hall–Kier alpha value is -1.75. The molecule has 0 unspecified atom stereocenters. The van der Waals surface area contributed by atoms with Crippen molar-refractivity contribution >= 4 is 6.03 Å². The van der Waals surface area contributed by atoms with Gasteiger partial charge in [0.1, 0.15) is 5.75 Å². The predicted molar refractivity (Wildman–Crippen MR) is 76.8 cm³/mol. The molecule has 1 saturated heterocycles. The van der Waals surface area contributed by atoms with E-state index in [0.717, 1.165) is 17.7 Å². The van der Waals surface area contributed by atoms with Gasteiger partial charge in [-0.25, -0.2) is 4.79 Å². The molecule has 1 heterocycles. The molecule has 2 rings (SSSR count). The zero-order valence-corrected chi connectivity index (χ0v) is 12.1. The molecule has 110 valence electrons. The van der Waals surface area contributed by atoms with E-state index >= 15 is 0 Å². The van der Waals surface area contributed by atoms with Crippen molar-refractivity contribution in [2.45, 2.75) is 26.0 Å². The van der Waals surface area contributed by atoms with E-state index in [9.17, 15) is 4.79 Å². The average Bonchev–Trinajstić information content (AvgIpc) is 2.52. The second-order valence-corrected chi connectivity index (χ2v) is 4.86. The van der Waals surface area contributed by atoms with Gasteiger partial charge in [-0.2, -0.15) is 0 Å². The average molecular weight is 278 g/mol. The van der Waals surface area contributed by atoms with Crippen molar-refractivity contribution in [3.05, 3.63) is 29.8 Å². The highest BCUT2D eigenvalue weighted by Crippen LogP contribution is 2.13. The number of carbonyl (C=O) groups is 1. The third-order valence-electron chi connectivity index (χ3n) is 3.46. The molecule has 1 aromatic carbocycles. The number of hydrogen-bond acceptors (Lipinski definition) is 3. The highest BCUT2D eigenvalue weighted by molar-refractivity contribution is 5.74. The number of ether oxygens (including phenoxy) is 2. The van der Waals surface area contributed by atoms with Crippen molar-refractivity contribution < 1.29 is 14.3 Å². The Morgan fingerprint density at radius 2 is 2.40 bits per heavy atom. The van der Waals surface area contributed by atoms with Gasteiger partial charge in [-0.15, -0.1) is 0 Å². The number of urea groups is 1. The molecule has 1 N–H and O–H groups in total. The Labute approximate surface area is 119 Å². The number of benzene rings is 1. The number of amides is 2. The molecule has 1 aliphatic heterocycles. The number of methoxy groups -OCH3 is 1. The quantitative estimate of drug-likeness (QED) is 0.916. The maximum absolute atomic E-state index is 12.1. The summed E-state index contributed by atoms with van der Waals surface area (Å²) >= 11 is 0. The normalized spacial score (nSPS) is 18.7. The summed E-state index contributed by atoms with van der Waals surface area (Å²) in [6.45, 7) is 4.51. The summed E-state index contributed by atoms with van der Waals surface area (Å²) in [6.07, 6.45) is 1.09. The molecule has 0 saturated carbocycles. The second kappa shape index (κ2) is 7.14. The van der Waals surface area contributed by atoms with Gasteiger partial charge < -0.3 is 19.7 Å². The van der Waals surface area contributed by atoms with E-state index in [1.807, 2.05) is 29.2 Å². The van der Waals surface area contributed by atoms with Gasteiger partial charge in [-0.1, -0.05) is 19.1 Å². The minimum Gasteiger partial charge on any atom is -0.497 e. The number of nitrogens with zero attached hydrogens (tertiary/aromatic N) is 1. The van der Waals surface area contributed by atoms with Crippen LogP contribution in [0.1, 0.15) is 18.9 Å². The van der Waals surface area contributed by atoms with Crippen molar-refractivity contribution in [3.8, 4) is 5.75 Å². The largest absolute Gasteiger partial charge is 0.497 e. The van der Waals surface area contributed by atoms with Crippen LogP contribution in [0.5, 0.6) is 5.75 Å². The fourth-order valence-electron chi connectivity index (χ4n) is 2.22. The van der Waals surface area contributed by atoms with E-state index in [0.29, 0.717) is 26.2 Å². The Bertz CT molecular complexity index is 450. The molecule has 0 bridgehead atoms. The molecule has 0 spiro atoms. The first-order chi connectivity index (χ1) is 9.72. The molecule has 1 atom stereocenters. The summed E-state index contributed by atoms with van der Waals surface area (Å²) in [5.74, 6) is 0.800. The van der Waals surface area contributed by atoms with E-state index in [1.165, 1.54) is 0 Å². The van der Waals surface area contributed by atoms with Gasteiger partial charge in [0.15, 0.2) is 0 Å².